The van der Waals surface area contributed by atoms with Crippen molar-refractivity contribution in [2.45, 2.75) is 20.3 Å². The Morgan fingerprint density at radius 2 is 2.20 bits per heavy atom. The second-order valence-electron chi connectivity index (χ2n) is 3.75. The van der Waals surface area contributed by atoms with Crippen LogP contribution in [0.5, 0.6) is 0 Å². The summed E-state index contributed by atoms with van der Waals surface area (Å²) in [7, 11) is 0. The van der Waals surface area contributed by atoms with Crippen molar-refractivity contribution < 1.29 is 4.39 Å². The summed E-state index contributed by atoms with van der Waals surface area (Å²) >= 11 is 3.09. The third-order valence-electron chi connectivity index (χ3n) is 2.43. The number of anilines is 2. The Labute approximate surface area is 98.2 Å². The van der Waals surface area contributed by atoms with E-state index >= 15 is 0 Å². The van der Waals surface area contributed by atoms with E-state index in [-0.39, 0.29) is 5.82 Å². The maximum absolute atomic E-state index is 13.2. The van der Waals surface area contributed by atoms with Crippen LogP contribution >= 0.6 is 15.9 Å². The molecule has 0 aliphatic heterocycles. The lowest BCUT2D eigenvalue weighted by Crippen LogP contribution is -2.11. The maximum atomic E-state index is 13.2. The summed E-state index contributed by atoms with van der Waals surface area (Å²) in [4.78, 5) is 0. The Bertz CT molecular complexity index is 342. The van der Waals surface area contributed by atoms with Crippen molar-refractivity contribution in [2.24, 2.45) is 5.92 Å². The number of nitrogens with one attached hydrogen (secondary N) is 1. The van der Waals surface area contributed by atoms with Gasteiger partial charge in [0.15, 0.2) is 0 Å². The predicted molar refractivity (Wildman–Crippen MR) is 66.5 cm³/mol. The van der Waals surface area contributed by atoms with Gasteiger partial charge in [-0.2, -0.15) is 0 Å². The second-order valence-corrected chi connectivity index (χ2v) is 4.60. The van der Waals surface area contributed by atoms with E-state index < -0.39 is 0 Å². The molecule has 2 nitrogen and oxygen atoms in total. The average molecular weight is 275 g/mol. The minimum Gasteiger partial charge on any atom is -0.397 e. The molecule has 1 aromatic carbocycles. The fourth-order valence-electron chi connectivity index (χ4n) is 1.14. The van der Waals surface area contributed by atoms with Crippen LogP contribution in [0.2, 0.25) is 0 Å². The van der Waals surface area contributed by atoms with Crippen LogP contribution in [0.1, 0.15) is 20.3 Å². The minimum absolute atomic E-state index is 0.296. The lowest BCUT2D eigenvalue weighted by molar-refractivity contribution is 0.592. The summed E-state index contributed by atoms with van der Waals surface area (Å²) in [5, 5.41) is 3.15. The summed E-state index contributed by atoms with van der Waals surface area (Å²) in [6.07, 6.45) is 1.09. The van der Waals surface area contributed by atoms with Gasteiger partial charge in [0.05, 0.1) is 15.8 Å². The van der Waals surface area contributed by atoms with Crippen molar-refractivity contribution in [3.05, 3.63) is 22.4 Å². The first-order valence-electron chi connectivity index (χ1n) is 5.03. The Balaban J connectivity index is 2.73. The topological polar surface area (TPSA) is 38.0 Å². The molecule has 4 heteroatoms. The van der Waals surface area contributed by atoms with Crippen molar-refractivity contribution in [3.8, 4) is 0 Å². The van der Waals surface area contributed by atoms with E-state index in [1.54, 1.807) is 6.07 Å². The average Bonchev–Trinajstić information content (AvgIpc) is 2.21. The van der Waals surface area contributed by atoms with E-state index in [0.29, 0.717) is 21.8 Å². The highest BCUT2D eigenvalue weighted by atomic mass is 79.9. The van der Waals surface area contributed by atoms with Crippen LogP contribution < -0.4 is 11.1 Å². The number of nitrogens with two attached hydrogens (primary N) is 1. The Hall–Kier alpha value is -0.770. The molecule has 0 heterocycles. The largest absolute Gasteiger partial charge is 0.397 e. The highest BCUT2D eigenvalue weighted by Gasteiger charge is 2.06. The zero-order chi connectivity index (χ0) is 11.4. The first-order chi connectivity index (χ1) is 7.04. The second kappa shape index (κ2) is 5.35. The molecule has 0 radical (unpaired) electrons. The SMILES string of the molecule is CCC(C)CNc1cc(F)c(Br)cc1N. The molecule has 1 atom stereocenters. The molecule has 1 unspecified atom stereocenters. The van der Waals surface area contributed by atoms with Gasteiger partial charge in [0.1, 0.15) is 5.82 Å². The summed E-state index contributed by atoms with van der Waals surface area (Å²) in [6.45, 7) is 5.07. The fraction of sp³-hybridized carbons (Fsp3) is 0.455. The van der Waals surface area contributed by atoms with Crippen molar-refractivity contribution in [1.82, 2.24) is 0 Å². The van der Waals surface area contributed by atoms with E-state index in [0.717, 1.165) is 13.0 Å². The van der Waals surface area contributed by atoms with Gasteiger partial charge in [-0.05, 0) is 27.9 Å². The first kappa shape index (κ1) is 12.3. The molecular weight excluding hydrogens is 259 g/mol. The van der Waals surface area contributed by atoms with E-state index in [9.17, 15) is 4.39 Å². The molecule has 1 rings (SSSR count). The molecule has 0 spiro atoms. The highest BCUT2D eigenvalue weighted by molar-refractivity contribution is 9.10. The molecule has 0 saturated carbocycles. The number of hydrogen-bond donors (Lipinski definition) is 2. The van der Waals surface area contributed by atoms with Gasteiger partial charge in [0.2, 0.25) is 0 Å². The van der Waals surface area contributed by atoms with Crippen LogP contribution in [0.15, 0.2) is 16.6 Å². The molecule has 0 amide bonds. The fourth-order valence-corrected chi connectivity index (χ4v) is 1.50. The molecule has 84 valence electrons. The van der Waals surface area contributed by atoms with Gasteiger partial charge in [-0.15, -0.1) is 0 Å². The maximum Gasteiger partial charge on any atom is 0.139 e. The predicted octanol–water partition coefficient (Wildman–Crippen LogP) is 3.63. The van der Waals surface area contributed by atoms with Crippen molar-refractivity contribution in [2.75, 3.05) is 17.6 Å². The molecule has 0 saturated heterocycles. The quantitative estimate of drug-likeness (QED) is 0.823. The van der Waals surface area contributed by atoms with Crippen LogP contribution in [-0.2, 0) is 0 Å². The molecule has 0 aliphatic carbocycles. The minimum atomic E-state index is -0.296. The van der Waals surface area contributed by atoms with Crippen molar-refractivity contribution in [3.63, 3.8) is 0 Å². The number of benzene rings is 1. The standard InChI is InChI=1S/C11H16BrFN2/c1-3-7(2)6-15-11-5-9(13)8(12)4-10(11)14/h4-5,7,15H,3,6,14H2,1-2H3. The summed E-state index contributed by atoms with van der Waals surface area (Å²) < 4.78 is 13.6. The molecule has 1 aromatic rings. The summed E-state index contributed by atoms with van der Waals surface area (Å²) in [5.41, 5.74) is 6.98. The van der Waals surface area contributed by atoms with Gasteiger partial charge < -0.3 is 11.1 Å². The number of halogens is 2. The Morgan fingerprint density at radius 1 is 1.53 bits per heavy atom. The zero-order valence-electron chi connectivity index (χ0n) is 8.98. The zero-order valence-corrected chi connectivity index (χ0v) is 10.6. The lowest BCUT2D eigenvalue weighted by Gasteiger charge is -2.13. The summed E-state index contributed by atoms with van der Waals surface area (Å²) in [5.74, 6) is 0.256. The van der Waals surface area contributed by atoms with E-state index in [1.165, 1.54) is 6.07 Å². The van der Waals surface area contributed by atoms with Crippen LogP contribution in [0.25, 0.3) is 0 Å². The third-order valence-corrected chi connectivity index (χ3v) is 3.04. The smallest absolute Gasteiger partial charge is 0.139 e. The van der Waals surface area contributed by atoms with Gasteiger partial charge in [-0.1, -0.05) is 20.3 Å². The summed E-state index contributed by atoms with van der Waals surface area (Å²) in [6, 6.07) is 3.00. The lowest BCUT2D eigenvalue weighted by atomic mass is 10.1. The molecule has 0 aliphatic rings. The van der Waals surface area contributed by atoms with E-state index in [2.05, 4.69) is 35.1 Å². The molecule has 3 N–H and O–H groups in total. The monoisotopic (exact) mass is 274 g/mol. The normalized spacial score (nSPS) is 12.5. The van der Waals surface area contributed by atoms with Crippen LogP contribution in [0.3, 0.4) is 0 Å². The van der Waals surface area contributed by atoms with Gasteiger partial charge in [-0.25, -0.2) is 4.39 Å². The number of hydrogen-bond acceptors (Lipinski definition) is 2. The highest BCUT2D eigenvalue weighted by Crippen LogP contribution is 2.26. The van der Waals surface area contributed by atoms with Crippen LogP contribution in [0.4, 0.5) is 15.8 Å². The number of rotatable bonds is 4. The van der Waals surface area contributed by atoms with E-state index in [4.69, 9.17) is 5.73 Å². The van der Waals surface area contributed by atoms with Gasteiger partial charge in [0.25, 0.3) is 0 Å². The molecular formula is C11H16BrFN2. The third kappa shape index (κ3) is 3.38. The van der Waals surface area contributed by atoms with Crippen LogP contribution in [0, 0.1) is 11.7 Å². The van der Waals surface area contributed by atoms with Gasteiger partial charge in [0, 0.05) is 12.6 Å². The molecule has 0 bridgehead atoms. The van der Waals surface area contributed by atoms with Crippen LogP contribution in [-0.4, -0.2) is 6.54 Å². The number of nitrogen functional groups attached to an aromatic ring is 1. The van der Waals surface area contributed by atoms with Gasteiger partial charge >= 0.3 is 0 Å². The molecule has 0 fully saturated rings. The van der Waals surface area contributed by atoms with Crippen molar-refractivity contribution in [1.29, 1.82) is 0 Å². The molecule has 15 heavy (non-hydrogen) atoms. The van der Waals surface area contributed by atoms with Crippen molar-refractivity contribution >= 4 is 27.3 Å². The first-order valence-corrected chi connectivity index (χ1v) is 5.82. The van der Waals surface area contributed by atoms with Gasteiger partial charge in [-0.3, -0.25) is 0 Å². The molecule has 0 aromatic heterocycles. The Kier molecular flexibility index (Phi) is 4.39. The Morgan fingerprint density at radius 3 is 2.80 bits per heavy atom. The van der Waals surface area contributed by atoms with E-state index in [1.807, 2.05) is 0 Å².